The molecule has 0 aliphatic carbocycles. The second-order valence-corrected chi connectivity index (χ2v) is 5.97. The van der Waals surface area contributed by atoms with Crippen molar-refractivity contribution in [2.75, 3.05) is 5.32 Å². The number of aromatic nitrogens is 2. The van der Waals surface area contributed by atoms with Crippen molar-refractivity contribution in [3.05, 3.63) is 76.6 Å². The number of anilines is 1. The van der Waals surface area contributed by atoms with Gasteiger partial charge in [0, 0.05) is 11.1 Å². The molecule has 0 fully saturated rings. The second-order valence-electron chi connectivity index (χ2n) is 5.97. The Morgan fingerprint density at radius 3 is 2.00 bits per heavy atom. The normalized spacial score (nSPS) is 10.9. The van der Waals surface area contributed by atoms with Gasteiger partial charge in [0.05, 0.1) is 24.0 Å². The Balaban J connectivity index is 1.81. The van der Waals surface area contributed by atoms with Gasteiger partial charge < -0.3 is 5.32 Å². The first-order chi connectivity index (χ1) is 13.7. The number of hydrogen-bond acceptors (Lipinski definition) is 3. The van der Waals surface area contributed by atoms with E-state index < -0.39 is 52.8 Å². The Kier molecular flexibility index (Phi) is 5.53. The molecular weight excluding hydrogens is 400 g/mol. The number of benzene rings is 2. The van der Waals surface area contributed by atoms with Crippen molar-refractivity contribution in [3.63, 3.8) is 0 Å². The maximum atomic E-state index is 13.7. The lowest BCUT2D eigenvalue weighted by molar-refractivity contribution is -0.115. The molecule has 4 nitrogen and oxygen atoms in total. The first kappa shape index (κ1) is 20.3. The SMILES string of the molecule is Cc1nc(-c2ccc(F)cc2)cnc1NC(=O)Cc1c(F)c(F)c(F)c(F)c1F. The zero-order chi connectivity index (χ0) is 21.3. The number of amides is 1. The minimum absolute atomic E-state index is 0.0651. The zero-order valence-corrected chi connectivity index (χ0v) is 14.7. The summed E-state index contributed by atoms with van der Waals surface area (Å²) in [6.45, 7) is 1.48. The van der Waals surface area contributed by atoms with Crippen LogP contribution in [-0.2, 0) is 11.2 Å². The van der Waals surface area contributed by atoms with Gasteiger partial charge in [-0.3, -0.25) is 4.79 Å². The smallest absolute Gasteiger partial charge is 0.230 e. The Labute approximate surface area is 160 Å². The molecule has 10 heteroatoms. The molecule has 0 aliphatic heterocycles. The Hall–Kier alpha value is -3.43. The third-order valence-electron chi connectivity index (χ3n) is 3.98. The lowest BCUT2D eigenvalue weighted by Gasteiger charge is -2.10. The van der Waals surface area contributed by atoms with Gasteiger partial charge in [0.25, 0.3) is 0 Å². The molecule has 0 saturated heterocycles. The zero-order valence-electron chi connectivity index (χ0n) is 14.7. The molecule has 1 N–H and O–H groups in total. The minimum Gasteiger partial charge on any atom is -0.309 e. The molecule has 150 valence electrons. The highest BCUT2D eigenvalue weighted by Gasteiger charge is 2.27. The summed E-state index contributed by atoms with van der Waals surface area (Å²) in [5.74, 6) is -12.3. The third-order valence-corrected chi connectivity index (χ3v) is 3.98. The lowest BCUT2D eigenvalue weighted by Crippen LogP contribution is -2.19. The van der Waals surface area contributed by atoms with E-state index in [9.17, 15) is 31.1 Å². The average Bonchev–Trinajstić information content (AvgIpc) is 2.70. The molecule has 3 aromatic rings. The van der Waals surface area contributed by atoms with Gasteiger partial charge in [-0.15, -0.1) is 0 Å². The molecule has 0 unspecified atom stereocenters. The van der Waals surface area contributed by atoms with Gasteiger partial charge in [0.1, 0.15) is 5.82 Å². The van der Waals surface area contributed by atoms with Crippen LogP contribution in [0.1, 0.15) is 11.3 Å². The van der Waals surface area contributed by atoms with Crippen LogP contribution in [0.5, 0.6) is 0 Å². The molecular formula is C19H11F6N3O. The largest absolute Gasteiger partial charge is 0.309 e. The number of nitrogens with zero attached hydrogens (tertiary/aromatic N) is 2. The van der Waals surface area contributed by atoms with Crippen molar-refractivity contribution < 1.29 is 31.1 Å². The molecule has 0 spiro atoms. The van der Waals surface area contributed by atoms with Crippen molar-refractivity contribution in [3.8, 4) is 11.3 Å². The Morgan fingerprint density at radius 1 is 0.897 bits per heavy atom. The summed E-state index contributed by atoms with van der Waals surface area (Å²) in [5.41, 5.74) is -0.105. The first-order valence-electron chi connectivity index (χ1n) is 8.08. The van der Waals surface area contributed by atoms with Crippen molar-refractivity contribution in [2.45, 2.75) is 13.3 Å². The molecule has 2 aromatic carbocycles. The molecule has 0 aliphatic rings. The van der Waals surface area contributed by atoms with Gasteiger partial charge in [0.15, 0.2) is 29.1 Å². The van der Waals surface area contributed by atoms with Crippen molar-refractivity contribution in [2.24, 2.45) is 0 Å². The maximum absolute atomic E-state index is 13.7. The quantitative estimate of drug-likeness (QED) is 0.392. The molecule has 0 saturated carbocycles. The summed E-state index contributed by atoms with van der Waals surface area (Å²) < 4.78 is 79.9. The van der Waals surface area contributed by atoms with Gasteiger partial charge in [0.2, 0.25) is 11.7 Å². The Morgan fingerprint density at radius 2 is 1.45 bits per heavy atom. The van der Waals surface area contributed by atoms with Crippen LogP contribution in [0.15, 0.2) is 30.5 Å². The monoisotopic (exact) mass is 411 g/mol. The van der Waals surface area contributed by atoms with Gasteiger partial charge >= 0.3 is 0 Å². The topological polar surface area (TPSA) is 54.9 Å². The van der Waals surface area contributed by atoms with Crippen molar-refractivity contribution in [1.29, 1.82) is 0 Å². The van der Waals surface area contributed by atoms with Gasteiger partial charge in [-0.1, -0.05) is 0 Å². The molecule has 0 radical (unpaired) electrons. The van der Waals surface area contributed by atoms with Gasteiger partial charge in [-0.2, -0.15) is 0 Å². The lowest BCUT2D eigenvalue weighted by atomic mass is 10.1. The molecule has 1 heterocycles. The van der Waals surface area contributed by atoms with Crippen LogP contribution in [-0.4, -0.2) is 15.9 Å². The fourth-order valence-corrected chi connectivity index (χ4v) is 2.51. The van der Waals surface area contributed by atoms with Crippen LogP contribution in [0, 0.1) is 41.8 Å². The van der Waals surface area contributed by atoms with E-state index in [4.69, 9.17) is 0 Å². The summed E-state index contributed by atoms with van der Waals surface area (Å²) in [4.78, 5) is 20.2. The highest BCUT2D eigenvalue weighted by molar-refractivity contribution is 5.92. The molecule has 3 rings (SSSR count). The first-order valence-corrected chi connectivity index (χ1v) is 8.08. The number of hydrogen-bond donors (Lipinski definition) is 1. The van der Waals surface area contributed by atoms with E-state index in [1.165, 1.54) is 37.4 Å². The third kappa shape index (κ3) is 4.05. The van der Waals surface area contributed by atoms with Crippen molar-refractivity contribution >= 4 is 11.7 Å². The van der Waals surface area contributed by atoms with E-state index >= 15 is 0 Å². The number of halogens is 6. The van der Waals surface area contributed by atoms with E-state index in [0.29, 0.717) is 11.3 Å². The minimum atomic E-state index is -2.30. The predicted molar refractivity (Wildman–Crippen MR) is 90.7 cm³/mol. The number of carbonyl (C=O) groups is 1. The molecule has 1 amide bonds. The summed E-state index contributed by atoms with van der Waals surface area (Å²) in [7, 11) is 0. The molecule has 0 bridgehead atoms. The fourth-order valence-electron chi connectivity index (χ4n) is 2.51. The second kappa shape index (κ2) is 7.90. The van der Waals surface area contributed by atoms with E-state index in [2.05, 4.69) is 15.3 Å². The van der Waals surface area contributed by atoms with Crippen LogP contribution < -0.4 is 5.32 Å². The molecule has 29 heavy (non-hydrogen) atoms. The number of rotatable bonds is 4. The predicted octanol–water partition coefficient (Wildman–Crippen LogP) is 4.47. The van der Waals surface area contributed by atoms with Crippen molar-refractivity contribution in [1.82, 2.24) is 9.97 Å². The van der Waals surface area contributed by atoms with Gasteiger partial charge in [-0.05, 0) is 31.2 Å². The standard InChI is InChI=1S/C19H11F6N3O/c1-8-19(26-7-12(27-8)9-2-4-10(20)5-3-9)28-13(29)6-11-14(21)16(23)18(25)17(24)15(11)22/h2-5,7H,6H2,1H3,(H,26,28,29). The van der Waals surface area contributed by atoms with Crippen LogP contribution in [0.3, 0.4) is 0 Å². The molecule has 1 aromatic heterocycles. The van der Waals surface area contributed by atoms with Crippen LogP contribution >= 0.6 is 0 Å². The summed E-state index contributed by atoms with van der Waals surface area (Å²) in [6, 6.07) is 5.40. The Bertz CT molecular complexity index is 1070. The highest BCUT2D eigenvalue weighted by atomic mass is 19.2. The summed E-state index contributed by atoms with van der Waals surface area (Å²) in [6.07, 6.45) is 0.168. The maximum Gasteiger partial charge on any atom is 0.230 e. The number of aryl methyl sites for hydroxylation is 1. The molecule has 0 atom stereocenters. The van der Waals surface area contributed by atoms with E-state index in [1.807, 2.05) is 0 Å². The average molecular weight is 411 g/mol. The van der Waals surface area contributed by atoms with E-state index in [0.717, 1.165) is 0 Å². The van der Waals surface area contributed by atoms with Crippen LogP contribution in [0.4, 0.5) is 32.2 Å². The number of carbonyl (C=O) groups excluding carboxylic acids is 1. The summed E-state index contributed by atoms with van der Waals surface area (Å²) in [5, 5.41) is 2.21. The van der Waals surface area contributed by atoms with E-state index in [-0.39, 0.29) is 11.5 Å². The highest BCUT2D eigenvalue weighted by Crippen LogP contribution is 2.24. The van der Waals surface area contributed by atoms with E-state index in [1.54, 1.807) is 0 Å². The van der Waals surface area contributed by atoms with Crippen LogP contribution in [0.2, 0.25) is 0 Å². The fraction of sp³-hybridized carbons (Fsp3) is 0.105. The van der Waals surface area contributed by atoms with Crippen LogP contribution in [0.25, 0.3) is 11.3 Å². The summed E-state index contributed by atoms with van der Waals surface area (Å²) >= 11 is 0. The van der Waals surface area contributed by atoms with Gasteiger partial charge in [-0.25, -0.2) is 36.3 Å². The number of nitrogens with one attached hydrogen (secondary N) is 1.